The van der Waals surface area contributed by atoms with Crippen molar-refractivity contribution in [3.05, 3.63) is 15.5 Å². The van der Waals surface area contributed by atoms with Crippen LogP contribution in [0.15, 0.2) is 4.79 Å². The Morgan fingerprint density at radius 2 is 2.43 bits per heavy atom. The van der Waals surface area contributed by atoms with Gasteiger partial charge in [-0.1, -0.05) is 19.3 Å². The number of H-pyrrole nitrogens is 1. The normalized spacial score (nSPS) is 19.2. The molecule has 1 atom stereocenters. The molecule has 5 heteroatoms. The second kappa shape index (κ2) is 4.23. The molecule has 0 spiro atoms. The van der Waals surface area contributed by atoms with E-state index in [9.17, 15) is 4.79 Å². The Labute approximate surface area is 86.7 Å². The summed E-state index contributed by atoms with van der Waals surface area (Å²) in [6, 6.07) is 0. The number of rotatable bonds is 4. The third-order valence-electron chi connectivity index (χ3n) is 3.06. The van der Waals surface area contributed by atoms with Gasteiger partial charge in [-0.15, -0.1) is 0 Å². The summed E-state index contributed by atoms with van der Waals surface area (Å²) >= 11 is 0.992. The summed E-state index contributed by atoms with van der Waals surface area (Å²) in [7, 11) is 0. The summed E-state index contributed by atoms with van der Waals surface area (Å²) in [5.41, 5.74) is 5.72. The van der Waals surface area contributed by atoms with Crippen LogP contribution in [-0.2, 0) is 6.42 Å². The summed E-state index contributed by atoms with van der Waals surface area (Å²) in [4.78, 5) is 13.6. The quantitative estimate of drug-likeness (QED) is 0.775. The van der Waals surface area contributed by atoms with Gasteiger partial charge in [-0.25, -0.2) is 0 Å². The minimum atomic E-state index is -0.0654. The van der Waals surface area contributed by atoms with Crippen molar-refractivity contribution in [1.29, 1.82) is 0 Å². The number of nitrogens with zero attached hydrogens (tertiary/aromatic N) is 1. The molecular weight excluding hydrogens is 198 g/mol. The van der Waals surface area contributed by atoms with E-state index in [1.54, 1.807) is 0 Å². The maximum Gasteiger partial charge on any atom is 0.323 e. The number of aromatic nitrogens is 2. The third-order valence-corrected chi connectivity index (χ3v) is 3.64. The van der Waals surface area contributed by atoms with E-state index in [4.69, 9.17) is 5.73 Å². The largest absolute Gasteiger partial charge is 0.330 e. The first kappa shape index (κ1) is 9.86. The summed E-state index contributed by atoms with van der Waals surface area (Å²) < 4.78 is 4.06. The van der Waals surface area contributed by atoms with E-state index in [0.29, 0.717) is 12.5 Å². The van der Waals surface area contributed by atoms with Gasteiger partial charge in [0.2, 0.25) is 0 Å². The first-order valence-electron chi connectivity index (χ1n) is 5.04. The van der Waals surface area contributed by atoms with Crippen molar-refractivity contribution in [3.63, 3.8) is 0 Å². The smallest absolute Gasteiger partial charge is 0.323 e. The van der Waals surface area contributed by atoms with Crippen molar-refractivity contribution < 1.29 is 0 Å². The number of nitrogens with two attached hydrogens (primary N) is 1. The highest BCUT2D eigenvalue weighted by molar-refractivity contribution is 7.02. The first-order valence-corrected chi connectivity index (χ1v) is 5.82. The highest BCUT2D eigenvalue weighted by Crippen LogP contribution is 2.34. The van der Waals surface area contributed by atoms with Crippen LogP contribution in [0.4, 0.5) is 0 Å². The maximum absolute atomic E-state index is 10.9. The van der Waals surface area contributed by atoms with Crippen molar-refractivity contribution >= 4 is 11.5 Å². The fourth-order valence-corrected chi connectivity index (χ4v) is 2.43. The van der Waals surface area contributed by atoms with E-state index in [1.165, 1.54) is 19.3 Å². The van der Waals surface area contributed by atoms with Crippen LogP contribution in [0.3, 0.4) is 0 Å². The lowest BCUT2D eigenvalue weighted by atomic mass is 9.74. The molecule has 14 heavy (non-hydrogen) atoms. The summed E-state index contributed by atoms with van der Waals surface area (Å²) in [5, 5.41) is 0. The van der Waals surface area contributed by atoms with Gasteiger partial charge < -0.3 is 5.73 Å². The highest BCUT2D eigenvalue weighted by atomic mass is 32.1. The van der Waals surface area contributed by atoms with Crippen molar-refractivity contribution in [2.24, 2.45) is 17.6 Å². The van der Waals surface area contributed by atoms with Gasteiger partial charge in [0.25, 0.3) is 0 Å². The van der Waals surface area contributed by atoms with Crippen LogP contribution in [0.5, 0.6) is 0 Å². The SMILES string of the molecule is NCC(Cc1nsc(=O)[nH]1)C1CCC1. The fourth-order valence-electron chi connectivity index (χ4n) is 1.95. The Morgan fingerprint density at radius 3 is 2.86 bits per heavy atom. The molecule has 2 rings (SSSR count). The predicted molar refractivity (Wildman–Crippen MR) is 56.3 cm³/mol. The van der Waals surface area contributed by atoms with Gasteiger partial charge >= 0.3 is 4.87 Å². The van der Waals surface area contributed by atoms with Crippen LogP contribution in [0.25, 0.3) is 0 Å². The predicted octanol–water partition coefficient (Wildman–Crippen LogP) is 0.749. The van der Waals surface area contributed by atoms with Gasteiger partial charge in [0.1, 0.15) is 5.82 Å². The Kier molecular flexibility index (Phi) is 2.98. The lowest BCUT2D eigenvalue weighted by Gasteiger charge is -2.32. The molecule has 3 N–H and O–H groups in total. The standard InChI is InChI=1S/C9H15N3OS/c10-5-7(6-2-1-3-6)4-8-11-9(13)14-12-8/h6-7H,1-5,10H2,(H,11,12,13). The Morgan fingerprint density at radius 1 is 1.64 bits per heavy atom. The average Bonchev–Trinajstić information content (AvgIpc) is 2.47. The van der Waals surface area contributed by atoms with Crippen LogP contribution < -0.4 is 10.6 Å². The summed E-state index contributed by atoms with van der Waals surface area (Å²) in [6.45, 7) is 0.699. The van der Waals surface area contributed by atoms with Gasteiger partial charge in [0, 0.05) is 18.0 Å². The molecule has 4 nitrogen and oxygen atoms in total. The number of aromatic amines is 1. The number of nitrogens with one attached hydrogen (secondary N) is 1. The zero-order valence-electron chi connectivity index (χ0n) is 8.03. The van der Waals surface area contributed by atoms with Crippen LogP contribution >= 0.6 is 11.5 Å². The van der Waals surface area contributed by atoms with E-state index in [-0.39, 0.29) is 4.87 Å². The van der Waals surface area contributed by atoms with Crippen molar-refractivity contribution in [2.75, 3.05) is 6.54 Å². The molecular formula is C9H15N3OS. The fraction of sp³-hybridized carbons (Fsp3) is 0.778. The average molecular weight is 213 g/mol. The summed E-state index contributed by atoms with van der Waals surface area (Å²) in [5.74, 6) is 2.06. The molecule has 78 valence electrons. The van der Waals surface area contributed by atoms with Crippen LogP contribution in [0.1, 0.15) is 25.1 Å². The molecule has 1 aliphatic rings. The second-order valence-corrected chi connectivity index (χ2v) is 4.67. The zero-order chi connectivity index (χ0) is 9.97. The molecule has 0 aromatic carbocycles. The Balaban J connectivity index is 1.96. The van der Waals surface area contributed by atoms with Crippen LogP contribution in [-0.4, -0.2) is 15.9 Å². The number of hydrogen-bond acceptors (Lipinski definition) is 4. The monoisotopic (exact) mass is 213 g/mol. The topological polar surface area (TPSA) is 71.8 Å². The van der Waals surface area contributed by atoms with Crippen molar-refractivity contribution in [3.8, 4) is 0 Å². The first-order chi connectivity index (χ1) is 6.79. The van der Waals surface area contributed by atoms with E-state index in [0.717, 1.165) is 29.7 Å². The minimum absolute atomic E-state index is 0.0654. The molecule has 0 radical (unpaired) electrons. The molecule has 1 saturated carbocycles. The van der Waals surface area contributed by atoms with Crippen LogP contribution in [0.2, 0.25) is 0 Å². The molecule has 1 unspecified atom stereocenters. The van der Waals surface area contributed by atoms with Gasteiger partial charge in [0.15, 0.2) is 0 Å². The lowest BCUT2D eigenvalue weighted by molar-refractivity contribution is 0.208. The Hall–Kier alpha value is -0.680. The minimum Gasteiger partial charge on any atom is -0.330 e. The Bertz CT molecular complexity index is 342. The third kappa shape index (κ3) is 2.04. The van der Waals surface area contributed by atoms with Gasteiger partial charge in [-0.05, 0) is 18.4 Å². The molecule has 0 aliphatic heterocycles. The molecule has 0 bridgehead atoms. The lowest BCUT2D eigenvalue weighted by Crippen LogP contribution is -2.30. The molecule has 1 aromatic rings. The van der Waals surface area contributed by atoms with Gasteiger partial charge in [-0.3, -0.25) is 9.78 Å². The maximum atomic E-state index is 10.9. The molecule has 1 fully saturated rings. The van der Waals surface area contributed by atoms with E-state index in [2.05, 4.69) is 9.36 Å². The van der Waals surface area contributed by atoms with Crippen molar-refractivity contribution in [1.82, 2.24) is 9.36 Å². The van der Waals surface area contributed by atoms with Crippen molar-refractivity contribution in [2.45, 2.75) is 25.7 Å². The zero-order valence-corrected chi connectivity index (χ0v) is 8.85. The molecule has 0 saturated heterocycles. The van der Waals surface area contributed by atoms with Crippen LogP contribution in [0, 0.1) is 11.8 Å². The molecule has 1 heterocycles. The van der Waals surface area contributed by atoms with Gasteiger partial charge in [-0.2, -0.15) is 4.37 Å². The second-order valence-electron chi connectivity index (χ2n) is 3.93. The molecule has 1 aliphatic carbocycles. The van der Waals surface area contributed by atoms with E-state index >= 15 is 0 Å². The van der Waals surface area contributed by atoms with Gasteiger partial charge in [0.05, 0.1) is 0 Å². The number of hydrogen-bond donors (Lipinski definition) is 2. The summed E-state index contributed by atoms with van der Waals surface area (Å²) in [6.07, 6.45) is 4.74. The highest BCUT2D eigenvalue weighted by Gasteiger charge is 2.26. The van der Waals surface area contributed by atoms with E-state index < -0.39 is 0 Å². The molecule has 1 aromatic heterocycles. The van der Waals surface area contributed by atoms with E-state index in [1.807, 2.05) is 0 Å². The molecule has 0 amide bonds.